The van der Waals surface area contributed by atoms with Crippen molar-refractivity contribution in [2.24, 2.45) is 0 Å². The molecule has 5 rings (SSSR count). The van der Waals surface area contributed by atoms with Crippen LogP contribution in [0.5, 0.6) is 11.5 Å². The van der Waals surface area contributed by atoms with Gasteiger partial charge < -0.3 is 19.4 Å². The molecule has 1 saturated heterocycles. The molecule has 0 radical (unpaired) electrons. The van der Waals surface area contributed by atoms with Crippen LogP contribution >= 0.6 is 0 Å². The Kier molecular flexibility index (Phi) is 6.33. The second kappa shape index (κ2) is 9.71. The van der Waals surface area contributed by atoms with Crippen LogP contribution in [0.1, 0.15) is 0 Å². The lowest BCUT2D eigenvalue weighted by molar-refractivity contribution is 0.245. The third kappa shape index (κ3) is 4.54. The minimum atomic E-state index is -0.404. The van der Waals surface area contributed by atoms with Gasteiger partial charge >= 0.3 is 5.69 Å². The Balaban J connectivity index is 1.28. The molecule has 0 bridgehead atoms. The van der Waals surface area contributed by atoms with E-state index in [1.807, 2.05) is 42.5 Å². The van der Waals surface area contributed by atoms with Crippen LogP contribution in [0.2, 0.25) is 0 Å². The molecule has 9 heteroatoms. The molecule has 4 aromatic rings. The molecule has 0 aliphatic carbocycles. The quantitative estimate of drug-likeness (QED) is 0.427. The van der Waals surface area contributed by atoms with E-state index in [4.69, 9.17) is 9.47 Å². The molecule has 1 aliphatic heterocycles. The largest absolute Gasteiger partial charge is 0.497 e. The van der Waals surface area contributed by atoms with Gasteiger partial charge in [-0.3, -0.25) is 19.2 Å². The van der Waals surface area contributed by atoms with Crippen molar-refractivity contribution in [2.75, 3.05) is 51.8 Å². The summed E-state index contributed by atoms with van der Waals surface area (Å²) in [7, 11) is 3.30. The number of ether oxygens (including phenoxy) is 2. The summed E-state index contributed by atoms with van der Waals surface area (Å²) in [6, 6.07) is 17.3. The summed E-state index contributed by atoms with van der Waals surface area (Å²) in [5.74, 6) is 1.62. The minimum Gasteiger partial charge on any atom is -0.497 e. The molecule has 9 nitrogen and oxygen atoms in total. The van der Waals surface area contributed by atoms with Crippen molar-refractivity contribution in [3.05, 3.63) is 75.4 Å². The number of nitrogens with one attached hydrogen (secondary N) is 2. The molecule has 1 aliphatic rings. The molecule has 0 atom stereocenters. The standard InChI is InChI=1S/C26H29N5O4/c1-34-19-9-7-18(8-10-19)21-17-20-24(27-21)28-26(33)31(25(20)32)16-13-29-11-14-30(15-12-29)22-5-3-4-6-23(22)35-2/h3-10,17,27H,11-16H2,1-2H3,(H,28,33). The van der Waals surface area contributed by atoms with Crippen molar-refractivity contribution in [1.29, 1.82) is 0 Å². The summed E-state index contributed by atoms with van der Waals surface area (Å²) in [4.78, 5) is 36.4. The zero-order valence-corrected chi connectivity index (χ0v) is 19.9. The first-order valence-electron chi connectivity index (χ1n) is 11.7. The molecule has 2 aromatic carbocycles. The number of methoxy groups -OCH3 is 2. The van der Waals surface area contributed by atoms with Crippen LogP contribution in [0, 0.1) is 0 Å². The van der Waals surface area contributed by atoms with Gasteiger partial charge in [0.2, 0.25) is 0 Å². The van der Waals surface area contributed by atoms with E-state index in [9.17, 15) is 9.59 Å². The maximum absolute atomic E-state index is 13.1. The number of rotatable bonds is 7. The minimum absolute atomic E-state index is 0.285. The molecular formula is C26H29N5O4. The number of piperazine rings is 1. The molecule has 0 saturated carbocycles. The number of para-hydroxylation sites is 2. The monoisotopic (exact) mass is 475 g/mol. The number of fused-ring (bicyclic) bond motifs is 1. The van der Waals surface area contributed by atoms with Crippen LogP contribution in [0.15, 0.2) is 64.2 Å². The summed E-state index contributed by atoms with van der Waals surface area (Å²) in [6.07, 6.45) is 0. The number of anilines is 1. The van der Waals surface area contributed by atoms with Crippen LogP contribution in [0.25, 0.3) is 22.3 Å². The predicted molar refractivity (Wildman–Crippen MR) is 137 cm³/mol. The van der Waals surface area contributed by atoms with Crippen molar-refractivity contribution in [1.82, 2.24) is 19.4 Å². The van der Waals surface area contributed by atoms with Gasteiger partial charge in [-0.15, -0.1) is 0 Å². The fraction of sp³-hybridized carbons (Fsp3) is 0.308. The Labute approximate surface area is 202 Å². The van der Waals surface area contributed by atoms with Gasteiger partial charge in [-0.1, -0.05) is 12.1 Å². The molecule has 0 spiro atoms. The first kappa shape index (κ1) is 22.8. The molecule has 1 fully saturated rings. The fourth-order valence-electron chi connectivity index (χ4n) is 4.61. The highest BCUT2D eigenvalue weighted by Crippen LogP contribution is 2.28. The second-order valence-electron chi connectivity index (χ2n) is 8.59. The topological polar surface area (TPSA) is 95.6 Å². The average Bonchev–Trinajstić information content (AvgIpc) is 3.33. The van der Waals surface area contributed by atoms with E-state index in [1.54, 1.807) is 20.3 Å². The predicted octanol–water partition coefficient (Wildman–Crippen LogP) is 2.52. The third-order valence-corrected chi connectivity index (χ3v) is 6.61. The van der Waals surface area contributed by atoms with Gasteiger partial charge in [-0.25, -0.2) is 4.79 Å². The van der Waals surface area contributed by atoms with Crippen molar-refractivity contribution in [3.63, 3.8) is 0 Å². The summed E-state index contributed by atoms with van der Waals surface area (Å²) >= 11 is 0. The van der Waals surface area contributed by atoms with E-state index >= 15 is 0 Å². The zero-order valence-electron chi connectivity index (χ0n) is 19.9. The second-order valence-corrected chi connectivity index (χ2v) is 8.59. The molecule has 182 valence electrons. The zero-order chi connectivity index (χ0) is 24.4. The molecule has 0 amide bonds. The maximum Gasteiger partial charge on any atom is 0.329 e. The van der Waals surface area contributed by atoms with E-state index in [0.29, 0.717) is 24.1 Å². The lowest BCUT2D eigenvalue weighted by Crippen LogP contribution is -2.48. The van der Waals surface area contributed by atoms with E-state index in [-0.39, 0.29) is 5.56 Å². The Bertz CT molecular complexity index is 1430. The Morgan fingerprint density at radius 2 is 1.60 bits per heavy atom. The van der Waals surface area contributed by atoms with Crippen molar-refractivity contribution in [3.8, 4) is 22.8 Å². The third-order valence-electron chi connectivity index (χ3n) is 6.61. The summed E-state index contributed by atoms with van der Waals surface area (Å²) in [6.45, 7) is 4.37. The Hall–Kier alpha value is -3.98. The molecule has 2 N–H and O–H groups in total. The first-order chi connectivity index (χ1) is 17.1. The van der Waals surface area contributed by atoms with Crippen LogP contribution in [0.4, 0.5) is 5.69 Å². The Morgan fingerprint density at radius 3 is 2.31 bits per heavy atom. The van der Waals surface area contributed by atoms with Crippen LogP contribution in [0.3, 0.4) is 0 Å². The SMILES string of the molecule is COc1ccc(-c2cc3c(=O)n(CCN4CCN(c5ccccc5OC)CC4)c(=O)[nH]c3[nH]2)cc1. The van der Waals surface area contributed by atoms with Gasteiger partial charge in [-0.05, 0) is 48.0 Å². The summed E-state index contributed by atoms with van der Waals surface area (Å²) < 4.78 is 12.0. The number of H-pyrrole nitrogens is 2. The molecule has 3 heterocycles. The van der Waals surface area contributed by atoms with Gasteiger partial charge in [0.1, 0.15) is 17.1 Å². The summed E-state index contributed by atoms with van der Waals surface area (Å²) in [5, 5.41) is 0.469. The average molecular weight is 476 g/mol. The molecular weight excluding hydrogens is 446 g/mol. The van der Waals surface area contributed by atoms with E-state index in [0.717, 1.165) is 54.6 Å². The highest BCUT2D eigenvalue weighted by Gasteiger charge is 2.20. The Morgan fingerprint density at radius 1 is 0.857 bits per heavy atom. The lowest BCUT2D eigenvalue weighted by atomic mass is 10.1. The van der Waals surface area contributed by atoms with Crippen molar-refractivity contribution < 1.29 is 9.47 Å². The van der Waals surface area contributed by atoms with Gasteiger partial charge in [0.15, 0.2) is 0 Å². The summed E-state index contributed by atoms with van der Waals surface area (Å²) in [5.41, 5.74) is 2.51. The van der Waals surface area contributed by atoms with Gasteiger partial charge in [0.05, 0.1) is 25.3 Å². The number of hydrogen-bond acceptors (Lipinski definition) is 6. The normalized spacial score (nSPS) is 14.4. The highest BCUT2D eigenvalue weighted by molar-refractivity contribution is 5.82. The molecule has 0 unspecified atom stereocenters. The van der Waals surface area contributed by atoms with Crippen molar-refractivity contribution in [2.45, 2.75) is 6.54 Å². The van der Waals surface area contributed by atoms with E-state index in [1.165, 1.54) is 4.57 Å². The van der Waals surface area contributed by atoms with E-state index in [2.05, 4.69) is 25.8 Å². The number of aromatic amines is 2. The highest BCUT2D eigenvalue weighted by atomic mass is 16.5. The lowest BCUT2D eigenvalue weighted by Gasteiger charge is -2.36. The number of aromatic nitrogens is 3. The van der Waals surface area contributed by atoms with Crippen LogP contribution < -0.4 is 25.6 Å². The number of hydrogen-bond donors (Lipinski definition) is 2. The fourth-order valence-corrected chi connectivity index (χ4v) is 4.61. The van der Waals surface area contributed by atoms with Gasteiger partial charge in [0, 0.05) is 45.0 Å². The van der Waals surface area contributed by atoms with Crippen LogP contribution in [-0.2, 0) is 6.54 Å². The van der Waals surface area contributed by atoms with E-state index < -0.39 is 5.69 Å². The van der Waals surface area contributed by atoms with Crippen LogP contribution in [-0.4, -0.2) is 66.4 Å². The maximum atomic E-state index is 13.1. The smallest absolute Gasteiger partial charge is 0.329 e. The first-order valence-corrected chi connectivity index (χ1v) is 11.7. The van der Waals surface area contributed by atoms with Crippen molar-refractivity contribution >= 4 is 16.7 Å². The molecule has 2 aromatic heterocycles. The number of benzene rings is 2. The van der Waals surface area contributed by atoms with Gasteiger partial charge in [0.25, 0.3) is 5.56 Å². The molecule has 35 heavy (non-hydrogen) atoms. The number of nitrogens with zero attached hydrogens (tertiary/aromatic N) is 3. The van der Waals surface area contributed by atoms with Gasteiger partial charge in [-0.2, -0.15) is 0 Å².